The lowest BCUT2D eigenvalue weighted by Gasteiger charge is -2.20. The van der Waals surface area contributed by atoms with Crippen molar-refractivity contribution in [1.82, 2.24) is 4.90 Å². The minimum absolute atomic E-state index is 0.0159. The summed E-state index contributed by atoms with van der Waals surface area (Å²) in [6, 6.07) is 5.81. The maximum Gasteiger partial charge on any atom is 0.274 e. The lowest BCUT2D eigenvalue weighted by Crippen LogP contribution is -2.40. The summed E-state index contributed by atoms with van der Waals surface area (Å²) in [5.74, 6) is -0.212. The number of hydrogen-bond acceptors (Lipinski definition) is 4. The number of rotatable bonds is 5. The van der Waals surface area contributed by atoms with Gasteiger partial charge in [0.1, 0.15) is 0 Å². The number of nitrogens with zero attached hydrogens (tertiary/aromatic N) is 2. The van der Waals surface area contributed by atoms with Crippen LogP contribution in [-0.2, 0) is 11.3 Å². The molecule has 1 rings (SSSR count). The second-order valence-electron chi connectivity index (χ2n) is 4.09. The van der Waals surface area contributed by atoms with E-state index in [1.165, 1.54) is 11.0 Å². The third-order valence-electron chi connectivity index (χ3n) is 2.73. The fourth-order valence-corrected chi connectivity index (χ4v) is 1.61. The molecule has 2 N–H and O–H groups in total. The van der Waals surface area contributed by atoms with Crippen LogP contribution in [0.15, 0.2) is 24.3 Å². The molecule has 98 valence electrons. The molecule has 1 aromatic rings. The zero-order valence-corrected chi connectivity index (χ0v) is 10.5. The van der Waals surface area contributed by atoms with Crippen LogP contribution in [0.5, 0.6) is 0 Å². The summed E-state index contributed by atoms with van der Waals surface area (Å²) in [5, 5.41) is 10.8. The van der Waals surface area contributed by atoms with Gasteiger partial charge in [-0.25, -0.2) is 0 Å². The van der Waals surface area contributed by atoms with Gasteiger partial charge >= 0.3 is 0 Å². The monoisotopic (exact) mass is 251 g/mol. The van der Waals surface area contributed by atoms with E-state index in [4.69, 9.17) is 5.73 Å². The molecule has 0 heterocycles. The van der Waals surface area contributed by atoms with Crippen molar-refractivity contribution >= 4 is 11.6 Å². The molecule has 6 nitrogen and oxygen atoms in total. The zero-order valence-electron chi connectivity index (χ0n) is 10.5. The van der Waals surface area contributed by atoms with Gasteiger partial charge in [0.25, 0.3) is 5.69 Å². The molecule has 0 aliphatic heterocycles. The topological polar surface area (TPSA) is 89.5 Å². The molecular weight excluding hydrogens is 234 g/mol. The molecule has 6 heteroatoms. The highest BCUT2D eigenvalue weighted by molar-refractivity contribution is 5.81. The van der Waals surface area contributed by atoms with Crippen molar-refractivity contribution in [2.24, 2.45) is 5.73 Å². The standard InChI is InChI=1S/C12H17N3O3/c1-3-10(13)12(16)14(2)8-9-6-4-5-7-11(9)15(17)18/h4-7,10H,3,8,13H2,1-2H3. The Morgan fingerprint density at radius 3 is 2.67 bits per heavy atom. The number of likely N-dealkylation sites (N-methyl/N-ethyl adjacent to an activating group) is 1. The summed E-state index contributed by atoms with van der Waals surface area (Å²) in [5.41, 5.74) is 6.16. The Labute approximate surface area is 106 Å². The van der Waals surface area contributed by atoms with E-state index >= 15 is 0 Å². The van der Waals surface area contributed by atoms with E-state index in [1.54, 1.807) is 25.2 Å². The van der Waals surface area contributed by atoms with Crippen LogP contribution in [0.1, 0.15) is 18.9 Å². The number of hydrogen-bond donors (Lipinski definition) is 1. The first-order valence-corrected chi connectivity index (χ1v) is 5.70. The molecule has 0 bridgehead atoms. The van der Waals surface area contributed by atoms with Gasteiger partial charge in [0.05, 0.1) is 17.5 Å². The van der Waals surface area contributed by atoms with Crippen LogP contribution >= 0.6 is 0 Å². The summed E-state index contributed by atoms with van der Waals surface area (Å²) in [4.78, 5) is 23.6. The average Bonchev–Trinajstić information content (AvgIpc) is 2.37. The summed E-state index contributed by atoms with van der Waals surface area (Å²) < 4.78 is 0. The van der Waals surface area contributed by atoms with Gasteiger partial charge in [-0.1, -0.05) is 25.1 Å². The smallest absolute Gasteiger partial charge is 0.274 e. The number of nitrogens with two attached hydrogens (primary N) is 1. The zero-order chi connectivity index (χ0) is 13.7. The highest BCUT2D eigenvalue weighted by atomic mass is 16.6. The molecule has 1 atom stereocenters. The average molecular weight is 251 g/mol. The molecule has 0 aliphatic rings. The maximum absolute atomic E-state index is 11.8. The van der Waals surface area contributed by atoms with Crippen LogP contribution < -0.4 is 5.73 Å². The van der Waals surface area contributed by atoms with E-state index in [0.717, 1.165) is 0 Å². The van der Waals surface area contributed by atoms with Gasteiger partial charge in [-0.3, -0.25) is 14.9 Å². The summed E-state index contributed by atoms with van der Waals surface area (Å²) in [7, 11) is 1.59. The van der Waals surface area contributed by atoms with Gasteiger partial charge in [-0.2, -0.15) is 0 Å². The number of amides is 1. The predicted octanol–water partition coefficient (Wildman–Crippen LogP) is 1.29. The van der Waals surface area contributed by atoms with Crippen molar-refractivity contribution in [2.75, 3.05) is 7.05 Å². The predicted molar refractivity (Wildman–Crippen MR) is 67.8 cm³/mol. The largest absolute Gasteiger partial charge is 0.340 e. The highest BCUT2D eigenvalue weighted by Gasteiger charge is 2.19. The number of carbonyl (C=O) groups excluding carboxylic acids is 1. The van der Waals surface area contributed by atoms with Gasteiger partial charge in [0.2, 0.25) is 5.91 Å². The molecule has 0 radical (unpaired) electrons. The van der Waals surface area contributed by atoms with Gasteiger partial charge in [0.15, 0.2) is 0 Å². The Hall–Kier alpha value is -1.95. The molecule has 0 spiro atoms. The van der Waals surface area contributed by atoms with Crippen LogP contribution in [0.25, 0.3) is 0 Å². The highest BCUT2D eigenvalue weighted by Crippen LogP contribution is 2.19. The first-order valence-electron chi connectivity index (χ1n) is 5.70. The molecule has 0 aliphatic carbocycles. The van der Waals surface area contributed by atoms with Crippen LogP contribution in [0.4, 0.5) is 5.69 Å². The molecule has 1 amide bonds. The summed E-state index contributed by atoms with van der Waals surface area (Å²) >= 11 is 0. The van der Waals surface area contributed by atoms with E-state index in [-0.39, 0.29) is 18.1 Å². The second-order valence-corrected chi connectivity index (χ2v) is 4.09. The van der Waals surface area contributed by atoms with Crippen molar-refractivity contribution in [3.8, 4) is 0 Å². The molecule has 1 unspecified atom stereocenters. The number of carbonyl (C=O) groups is 1. The summed E-state index contributed by atoms with van der Waals surface area (Å²) in [6.07, 6.45) is 0.542. The number of para-hydroxylation sites is 1. The molecule has 0 saturated heterocycles. The molecular formula is C12H17N3O3. The lowest BCUT2D eigenvalue weighted by atomic mass is 10.1. The maximum atomic E-state index is 11.8. The fraction of sp³-hybridized carbons (Fsp3) is 0.417. The number of nitro benzene ring substituents is 1. The molecule has 18 heavy (non-hydrogen) atoms. The molecule has 0 aromatic heterocycles. The molecule has 1 aromatic carbocycles. The fourth-order valence-electron chi connectivity index (χ4n) is 1.61. The van der Waals surface area contributed by atoms with Gasteiger partial charge in [0, 0.05) is 18.7 Å². The van der Waals surface area contributed by atoms with Crippen molar-refractivity contribution in [1.29, 1.82) is 0 Å². The molecule has 0 fully saturated rings. The van der Waals surface area contributed by atoms with Crippen molar-refractivity contribution in [3.63, 3.8) is 0 Å². The van der Waals surface area contributed by atoms with Crippen molar-refractivity contribution in [2.45, 2.75) is 25.9 Å². The number of benzene rings is 1. The SMILES string of the molecule is CCC(N)C(=O)N(C)Cc1ccccc1[N+](=O)[O-]. The van der Waals surface area contributed by atoms with Crippen molar-refractivity contribution in [3.05, 3.63) is 39.9 Å². The van der Waals surface area contributed by atoms with E-state index in [2.05, 4.69) is 0 Å². The third kappa shape index (κ3) is 3.27. The van der Waals surface area contributed by atoms with Crippen LogP contribution in [0, 0.1) is 10.1 Å². The van der Waals surface area contributed by atoms with Crippen LogP contribution in [0.2, 0.25) is 0 Å². The minimum atomic E-state index is -0.558. The van der Waals surface area contributed by atoms with E-state index in [0.29, 0.717) is 12.0 Å². The Morgan fingerprint density at radius 1 is 1.50 bits per heavy atom. The number of nitro groups is 1. The van der Waals surface area contributed by atoms with Gasteiger partial charge in [-0.05, 0) is 6.42 Å². The normalized spacial score (nSPS) is 11.9. The van der Waals surface area contributed by atoms with Crippen LogP contribution in [-0.4, -0.2) is 28.8 Å². The van der Waals surface area contributed by atoms with E-state index < -0.39 is 11.0 Å². The Kier molecular flexibility index (Phi) is 4.79. The van der Waals surface area contributed by atoms with Crippen LogP contribution in [0.3, 0.4) is 0 Å². The second kappa shape index (κ2) is 6.11. The lowest BCUT2D eigenvalue weighted by molar-refractivity contribution is -0.385. The third-order valence-corrected chi connectivity index (χ3v) is 2.73. The Bertz CT molecular complexity index is 448. The molecule has 0 saturated carbocycles. The minimum Gasteiger partial charge on any atom is -0.340 e. The Balaban J connectivity index is 2.85. The van der Waals surface area contributed by atoms with Gasteiger partial charge in [-0.15, -0.1) is 0 Å². The first-order chi connectivity index (χ1) is 8.47. The quantitative estimate of drug-likeness (QED) is 0.630. The van der Waals surface area contributed by atoms with Gasteiger partial charge < -0.3 is 10.6 Å². The Morgan fingerprint density at radius 2 is 2.11 bits per heavy atom. The van der Waals surface area contributed by atoms with Crippen molar-refractivity contribution < 1.29 is 9.72 Å². The summed E-state index contributed by atoms with van der Waals surface area (Å²) in [6.45, 7) is 2.01. The first kappa shape index (κ1) is 14.1. The van der Waals surface area contributed by atoms with E-state index in [9.17, 15) is 14.9 Å². The van der Waals surface area contributed by atoms with E-state index in [1.807, 2.05) is 6.92 Å².